The highest BCUT2D eigenvalue weighted by molar-refractivity contribution is 5.75. The van der Waals surface area contributed by atoms with Gasteiger partial charge in [-0.25, -0.2) is 0 Å². The molecule has 2 atom stereocenters. The van der Waals surface area contributed by atoms with Gasteiger partial charge >= 0.3 is 0 Å². The highest BCUT2D eigenvalue weighted by Gasteiger charge is 2.13. The summed E-state index contributed by atoms with van der Waals surface area (Å²) >= 11 is 0. The van der Waals surface area contributed by atoms with Crippen LogP contribution in [0.2, 0.25) is 0 Å². The van der Waals surface area contributed by atoms with Crippen molar-refractivity contribution < 1.29 is 4.79 Å². The second kappa shape index (κ2) is 3.70. The van der Waals surface area contributed by atoms with E-state index in [1.807, 2.05) is 0 Å². The summed E-state index contributed by atoms with van der Waals surface area (Å²) in [6, 6.07) is 0. The Balaban J connectivity index is 2.38. The Morgan fingerprint density at radius 1 is 1.45 bits per heavy atom. The van der Waals surface area contributed by atoms with Crippen molar-refractivity contribution in [2.75, 3.05) is 0 Å². The Labute approximate surface area is 68.5 Å². The standard InChI is InChI=1S/C10H16O/c1-8-3-5-10(6-4-8)7-9(2)11/h3,5,8,10H,4,6-7H2,1-2H3. The van der Waals surface area contributed by atoms with Crippen LogP contribution in [0, 0.1) is 11.8 Å². The fourth-order valence-corrected chi connectivity index (χ4v) is 1.56. The van der Waals surface area contributed by atoms with E-state index < -0.39 is 0 Å². The lowest BCUT2D eigenvalue weighted by Crippen LogP contribution is -2.09. The van der Waals surface area contributed by atoms with Crippen molar-refractivity contribution in [3.63, 3.8) is 0 Å². The van der Waals surface area contributed by atoms with Crippen molar-refractivity contribution >= 4 is 5.78 Å². The minimum absolute atomic E-state index is 0.314. The quantitative estimate of drug-likeness (QED) is 0.556. The third kappa shape index (κ3) is 2.87. The van der Waals surface area contributed by atoms with Gasteiger partial charge < -0.3 is 4.79 Å². The van der Waals surface area contributed by atoms with Gasteiger partial charge in [0.1, 0.15) is 5.78 Å². The molecule has 1 rings (SSSR count). The maximum absolute atomic E-state index is 10.8. The molecule has 0 radical (unpaired) electrons. The van der Waals surface area contributed by atoms with Crippen LogP contribution < -0.4 is 0 Å². The molecule has 11 heavy (non-hydrogen) atoms. The molecule has 0 heterocycles. The van der Waals surface area contributed by atoms with Crippen molar-refractivity contribution in [2.45, 2.75) is 33.1 Å². The molecule has 0 aromatic carbocycles. The molecule has 1 nitrogen and oxygen atoms in total. The third-order valence-corrected chi connectivity index (χ3v) is 2.25. The van der Waals surface area contributed by atoms with E-state index in [0.717, 1.165) is 12.3 Å². The lowest BCUT2D eigenvalue weighted by atomic mass is 9.87. The van der Waals surface area contributed by atoms with Gasteiger partial charge in [0.25, 0.3) is 0 Å². The van der Waals surface area contributed by atoms with E-state index >= 15 is 0 Å². The van der Waals surface area contributed by atoms with E-state index in [1.54, 1.807) is 6.92 Å². The average molecular weight is 152 g/mol. The van der Waals surface area contributed by atoms with Crippen molar-refractivity contribution in [1.29, 1.82) is 0 Å². The van der Waals surface area contributed by atoms with Gasteiger partial charge in [-0.3, -0.25) is 0 Å². The Kier molecular flexibility index (Phi) is 2.86. The van der Waals surface area contributed by atoms with Crippen molar-refractivity contribution in [2.24, 2.45) is 11.8 Å². The summed E-state index contributed by atoms with van der Waals surface area (Å²) in [6.45, 7) is 3.90. The molecule has 0 spiro atoms. The Morgan fingerprint density at radius 3 is 2.64 bits per heavy atom. The molecular weight excluding hydrogens is 136 g/mol. The van der Waals surface area contributed by atoms with Crippen LogP contribution in [0.4, 0.5) is 0 Å². The minimum Gasteiger partial charge on any atom is -0.300 e. The number of carbonyl (C=O) groups is 1. The van der Waals surface area contributed by atoms with Crippen molar-refractivity contribution in [3.8, 4) is 0 Å². The van der Waals surface area contributed by atoms with E-state index in [9.17, 15) is 4.79 Å². The number of carbonyl (C=O) groups excluding carboxylic acids is 1. The fourth-order valence-electron chi connectivity index (χ4n) is 1.56. The van der Waals surface area contributed by atoms with Gasteiger partial charge in [0.2, 0.25) is 0 Å². The molecule has 2 unspecified atom stereocenters. The maximum Gasteiger partial charge on any atom is 0.130 e. The molecule has 62 valence electrons. The molecule has 1 aliphatic carbocycles. The van der Waals surface area contributed by atoms with E-state index in [1.165, 1.54) is 12.8 Å². The van der Waals surface area contributed by atoms with Crippen LogP contribution in [0.3, 0.4) is 0 Å². The lowest BCUT2D eigenvalue weighted by molar-refractivity contribution is -0.117. The molecule has 0 amide bonds. The van der Waals surface area contributed by atoms with Gasteiger partial charge in [-0.05, 0) is 31.6 Å². The summed E-state index contributed by atoms with van der Waals surface area (Å²) in [4.78, 5) is 10.8. The highest BCUT2D eigenvalue weighted by atomic mass is 16.1. The van der Waals surface area contributed by atoms with E-state index in [0.29, 0.717) is 11.7 Å². The molecule has 0 aromatic rings. The van der Waals surface area contributed by atoms with Crippen molar-refractivity contribution in [3.05, 3.63) is 12.2 Å². The van der Waals surface area contributed by atoms with Crippen LogP contribution in [-0.4, -0.2) is 5.78 Å². The maximum atomic E-state index is 10.8. The number of rotatable bonds is 2. The number of ketones is 1. The van der Waals surface area contributed by atoms with E-state index in [2.05, 4.69) is 19.1 Å². The van der Waals surface area contributed by atoms with Gasteiger partial charge in [-0.1, -0.05) is 19.1 Å². The summed E-state index contributed by atoms with van der Waals surface area (Å²) in [6.07, 6.45) is 7.61. The monoisotopic (exact) mass is 152 g/mol. The molecular formula is C10H16O. The largest absolute Gasteiger partial charge is 0.300 e. The summed E-state index contributed by atoms with van der Waals surface area (Å²) in [7, 11) is 0. The SMILES string of the molecule is CC(=O)CC1C=CC(C)CC1. The van der Waals surface area contributed by atoms with Crippen molar-refractivity contribution in [1.82, 2.24) is 0 Å². The van der Waals surface area contributed by atoms with E-state index in [-0.39, 0.29) is 0 Å². The smallest absolute Gasteiger partial charge is 0.130 e. The van der Waals surface area contributed by atoms with Crippen LogP contribution in [0.1, 0.15) is 33.1 Å². The second-order valence-corrected chi connectivity index (χ2v) is 3.61. The predicted molar refractivity (Wildman–Crippen MR) is 46.3 cm³/mol. The lowest BCUT2D eigenvalue weighted by Gasteiger charge is -2.18. The first-order valence-corrected chi connectivity index (χ1v) is 4.36. The number of allylic oxidation sites excluding steroid dienone is 2. The zero-order valence-electron chi connectivity index (χ0n) is 7.34. The minimum atomic E-state index is 0.314. The third-order valence-electron chi connectivity index (χ3n) is 2.25. The van der Waals surface area contributed by atoms with Gasteiger partial charge in [-0.15, -0.1) is 0 Å². The van der Waals surface area contributed by atoms with Gasteiger partial charge in [0.05, 0.1) is 0 Å². The van der Waals surface area contributed by atoms with Crippen LogP contribution in [0.5, 0.6) is 0 Å². The molecule has 0 N–H and O–H groups in total. The molecule has 1 aliphatic rings. The van der Waals surface area contributed by atoms with Crippen LogP contribution in [0.25, 0.3) is 0 Å². The molecule has 0 aliphatic heterocycles. The van der Waals surface area contributed by atoms with E-state index in [4.69, 9.17) is 0 Å². The van der Waals surface area contributed by atoms with Gasteiger partial charge in [-0.2, -0.15) is 0 Å². The Morgan fingerprint density at radius 2 is 2.18 bits per heavy atom. The van der Waals surface area contributed by atoms with Crippen LogP contribution in [0.15, 0.2) is 12.2 Å². The topological polar surface area (TPSA) is 17.1 Å². The molecule has 0 aromatic heterocycles. The predicted octanol–water partition coefficient (Wildman–Crippen LogP) is 2.57. The molecule has 0 saturated heterocycles. The highest BCUT2D eigenvalue weighted by Crippen LogP contribution is 2.23. The number of hydrogen-bond donors (Lipinski definition) is 0. The zero-order valence-corrected chi connectivity index (χ0v) is 7.34. The molecule has 0 bridgehead atoms. The number of hydrogen-bond acceptors (Lipinski definition) is 1. The first kappa shape index (κ1) is 8.51. The average Bonchev–Trinajstić information content (AvgIpc) is 1.93. The molecule has 1 heteroatoms. The first-order chi connectivity index (χ1) is 5.18. The van der Waals surface area contributed by atoms with Crippen LogP contribution >= 0.6 is 0 Å². The van der Waals surface area contributed by atoms with Gasteiger partial charge in [0, 0.05) is 6.42 Å². The van der Waals surface area contributed by atoms with Gasteiger partial charge in [0.15, 0.2) is 0 Å². The summed E-state index contributed by atoms with van der Waals surface area (Å²) in [5, 5.41) is 0. The normalized spacial score (nSPS) is 30.4. The fraction of sp³-hybridized carbons (Fsp3) is 0.700. The Hall–Kier alpha value is -0.590. The summed E-state index contributed by atoms with van der Waals surface area (Å²) in [5.41, 5.74) is 0. The Bertz CT molecular complexity index is 170. The second-order valence-electron chi connectivity index (χ2n) is 3.61. The molecule has 0 saturated carbocycles. The zero-order chi connectivity index (χ0) is 8.27. The first-order valence-electron chi connectivity index (χ1n) is 4.36. The summed E-state index contributed by atoms with van der Waals surface area (Å²) < 4.78 is 0. The number of Topliss-reactive ketones (excluding diaryl/α,β-unsaturated/α-hetero) is 1. The molecule has 0 fully saturated rings. The van der Waals surface area contributed by atoms with Crippen LogP contribution in [-0.2, 0) is 4.79 Å². The summed E-state index contributed by atoms with van der Waals surface area (Å²) in [5.74, 6) is 1.57.